The molecule has 1 unspecified atom stereocenters. The SMILES string of the molecule is CC(C)(C)OCC(O)CNc1ccc2ccccc2c1. The Kier molecular flexibility index (Phi) is 4.63. The van der Waals surface area contributed by atoms with Gasteiger partial charge in [-0.3, -0.25) is 0 Å². The van der Waals surface area contributed by atoms with Crippen LogP contribution < -0.4 is 5.32 Å². The van der Waals surface area contributed by atoms with Gasteiger partial charge in [-0.1, -0.05) is 30.3 Å². The summed E-state index contributed by atoms with van der Waals surface area (Å²) >= 11 is 0. The third kappa shape index (κ3) is 4.51. The quantitative estimate of drug-likeness (QED) is 0.877. The first kappa shape index (κ1) is 14.8. The van der Waals surface area contributed by atoms with E-state index in [1.807, 2.05) is 39.0 Å². The van der Waals surface area contributed by atoms with Gasteiger partial charge in [-0.05, 0) is 43.7 Å². The van der Waals surface area contributed by atoms with E-state index in [2.05, 4.69) is 29.6 Å². The molecule has 0 aliphatic carbocycles. The van der Waals surface area contributed by atoms with Crippen molar-refractivity contribution in [3.05, 3.63) is 42.5 Å². The Morgan fingerprint density at radius 1 is 1.10 bits per heavy atom. The number of aliphatic hydroxyl groups is 1. The lowest BCUT2D eigenvalue weighted by Gasteiger charge is -2.22. The fraction of sp³-hybridized carbons (Fsp3) is 0.412. The third-order valence-corrected chi connectivity index (χ3v) is 3.00. The molecule has 3 heteroatoms. The zero-order valence-corrected chi connectivity index (χ0v) is 12.4. The van der Waals surface area contributed by atoms with Crippen molar-refractivity contribution in [2.75, 3.05) is 18.5 Å². The lowest BCUT2D eigenvalue weighted by Crippen LogP contribution is -2.30. The summed E-state index contributed by atoms with van der Waals surface area (Å²) in [5, 5.41) is 15.6. The van der Waals surface area contributed by atoms with Crippen LogP contribution in [0.15, 0.2) is 42.5 Å². The molecule has 0 fully saturated rings. The molecule has 3 nitrogen and oxygen atoms in total. The lowest BCUT2D eigenvalue weighted by atomic mass is 10.1. The predicted molar refractivity (Wildman–Crippen MR) is 84.1 cm³/mol. The molecule has 0 saturated carbocycles. The molecule has 0 spiro atoms. The molecule has 20 heavy (non-hydrogen) atoms. The van der Waals surface area contributed by atoms with Gasteiger partial charge < -0.3 is 15.2 Å². The number of nitrogens with one attached hydrogen (secondary N) is 1. The molecule has 2 N–H and O–H groups in total. The van der Waals surface area contributed by atoms with Gasteiger partial charge in [0.1, 0.15) is 0 Å². The summed E-state index contributed by atoms with van der Waals surface area (Å²) in [6.07, 6.45) is -0.513. The van der Waals surface area contributed by atoms with Gasteiger partial charge in [-0.25, -0.2) is 0 Å². The van der Waals surface area contributed by atoms with Crippen molar-refractivity contribution in [3.63, 3.8) is 0 Å². The second-order valence-electron chi connectivity index (χ2n) is 6.02. The standard InChI is InChI=1S/C17H23NO2/c1-17(2,3)20-12-16(19)11-18-15-9-8-13-6-4-5-7-14(13)10-15/h4-10,16,18-19H,11-12H2,1-3H3. The number of fused-ring (bicyclic) bond motifs is 1. The summed E-state index contributed by atoms with van der Waals surface area (Å²) < 4.78 is 5.56. The highest BCUT2D eigenvalue weighted by atomic mass is 16.5. The smallest absolute Gasteiger partial charge is 0.0945 e. The third-order valence-electron chi connectivity index (χ3n) is 3.00. The van der Waals surface area contributed by atoms with E-state index in [9.17, 15) is 5.11 Å². The normalized spacial score (nSPS) is 13.4. The summed E-state index contributed by atoms with van der Waals surface area (Å²) in [5.74, 6) is 0. The summed E-state index contributed by atoms with van der Waals surface area (Å²) in [5.41, 5.74) is 0.794. The zero-order chi connectivity index (χ0) is 14.6. The number of benzene rings is 2. The second-order valence-corrected chi connectivity index (χ2v) is 6.02. The summed E-state index contributed by atoms with van der Waals surface area (Å²) in [7, 11) is 0. The summed E-state index contributed by atoms with van der Waals surface area (Å²) in [6, 6.07) is 14.4. The number of anilines is 1. The van der Waals surface area contributed by atoms with Crippen molar-refractivity contribution in [3.8, 4) is 0 Å². The highest BCUT2D eigenvalue weighted by molar-refractivity contribution is 5.85. The molecule has 0 aromatic heterocycles. The van der Waals surface area contributed by atoms with Crippen LogP contribution in [0.1, 0.15) is 20.8 Å². The van der Waals surface area contributed by atoms with Crippen LogP contribution in [-0.4, -0.2) is 30.0 Å². The minimum absolute atomic E-state index is 0.218. The summed E-state index contributed by atoms with van der Waals surface area (Å²) in [4.78, 5) is 0. The average Bonchev–Trinajstić information content (AvgIpc) is 2.42. The van der Waals surface area contributed by atoms with E-state index in [0.717, 1.165) is 5.69 Å². The lowest BCUT2D eigenvalue weighted by molar-refractivity contribution is -0.0449. The van der Waals surface area contributed by atoms with Crippen LogP contribution in [0.5, 0.6) is 0 Å². The minimum Gasteiger partial charge on any atom is -0.389 e. The van der Waals surface area contributed by atoms with Gasteiger partial charge >= 0.3 is 0 Å². The van der Waals surface area contributed by atoms with Crippen LogP contribution in [0.2, 0.25) is 0 Å². The number of hydrogen-bond donors (Lipinski definition) is 2. The molecule has 108 valence electrons. The summed E-state index contributed by atoms with van der Waals surface area (Å²) in [6.45, 7) is 6.77. The van der Waals surface area contributed by atoms with Crippen LogP contribution in [0.3, 0.4) is 0 Å². The van der Waals surface area contributed by atoms with Gasteiger partial charge in [0.2, 0.25) is 0 Å². The molecule has 1 atom stereocenters. The molecule has 0 bridgehead atoms. The molecular weight excluding hydrogens is 250 g/mol. The van der Waals surface area contributed by atoms with Gasteiger partial charge in [0, 0.05) is 12.2 Å². The Hall–Kier alpha value is -1.58. The van der Waals surface area contributed by atoms with Gasteiger partial charge in [-0.2, -0.15) is 0 Å². The maximum atomic E-state index is 9.90. The highest BCUT2D eigenvalue weighted by Crippen LogP contribution is 2.18. The first-order valence-corrected chi connectivity index (χ1v) is 6.99. The van der Waals surface area contributed by atoms with E-state index in [1.165, 1.54) is 10.8 Å². The fourth-order valence-electron chi connectivity index (χ4n) is 1.94. The van der Waals surface area contributed by atoms with Crippen molar-refractivity contribution in [1.82, 2.24) is 0 Å². The minimum atomic E-state index is -0.513. The van der Waals surface area contributed by atoms with Crippen molar-refractivity contribution in [1.29, 1.82) is 0 Å². The molecule has 2 aromatic rings. The number of rotatable bonds is 5. The Labute approximate surface area is 120 Å². The Balaban J connectivity index is 1.89. The molecule has 0 saturated heterocycles. The molecule has 0 radical (unpaired) electrons. The van der Waals surface area contributed by atoms with E-state index >= 15 is 0 Å². The van der Waals surface area contributed by atoms with Crippen LogP contribution in [0, 0.1) is 0 Å². The second kappa shape index (κ2) is 6.25. The molecule has 0 heterocycles. The molecule has 0 aliphatic rings. The molecule has 2 rings (SSSR count). The van der Waals surface area contributed by atoms with Crippen LogP contribution in [0.25, 0.3) is 10.8 Å². The highest BCUT2D eigenvalue weighted by Gasteiger charge is 2.13. The van der Waals surface area contributed by atoms with Crippen molar-refractivity contribution in [2.24, 2.45) is 0 Å². The zero-order valence-electron chi connectivity index (χ0n) is 12.4. The molecule has 0 amide bonds. The van der Waals surface area contributed by atoms with E-state index < -0.39 is 6.10 Å². The maximum absolute atomic E-state index is 9.90. The van der Waals surface area contributed by atoms with Gasteiger partial charge in [0.25, 0.3) is 0 Å². The monoisotopic (exact) mass is 273 g/mol. The van der Waals surface area contributed by atoms with Crippen molar-refractivity contribution < 1.29 is 9.84 Å². The average molecular weight is 273 g/mol. The van der Waals surface area contributed by atoms with Crippen LogP contribution >= 0.6 is 0 Å². The number of hydrogen-bond acceptors (Lipinski definition) is 3. The Morgan fingerprint density at radius 3 is 2.50 bits per heavy atom. The number of ether oxygens (including phenoxy) is 1. The largest absolute Gasteiger partial charge is 0.389 e. The first-order valence-electron chi connectivity index (χ1n) is 6.99. The van der Waals surface area contributed by atoms with E-state index in [1.54, 1.807) is 0 Å². The molecule has 0 aliphatic heterocycles. The number of aliphatic hydroxyl groups excluding tert-OH is 1. The van der Waals surface area contributed by atoms with Crippen molar-refractivity contribution >= 4 is 16.5 Å². The van der Waals surface area contributed by atoms with Crippen LogP contribution in [-0.2, 0) is 4.74 Å². The topological polar surface area (TPSA) is 41.5 Å². The van der Waals surface area contributed by atoms with Crippen LogP contribution in [0.4, 0.5) is 5.69 Å². The van der Waals surface area contributed by atoms with Gasteiger partial charge in [0.15, 0.2) is 0 Å². The van der Waals surface area contributed by atoms with Gasteiger partial charge in [0.05, 0.1) is 18.3 Å². The Bertz CT molecular complexity index is 560. The van der Waals surface area contributed by atoms with Gasteiger partial charge in [-0.15, -0.1) is 0 Å². The van der Waals surface area contributed by atoms with E-state index in [4.69, 9.17) is 4.74 Å². The van der Waals surface area contributed by atoms with E-state index in [0.29, 0.717) is 13.2 Å². The van der Waals surface area contributed by atoms with E-state index in [-0.39, 0.29) is 5.60 Å². The fourth-order valence-corrected chi connectivity index (χ4v) is 1.94. The maximum Gasteiger partial charge on any atom is 0.0945 e. The molecule has 2 aromatic carbocycles. The Morgan fingerprint density at radius 2 is 1.80 bits per heavy atom. The van der Waals surface area contributed by atoms with Crippen molar-refractivity contribution in [2.45, 2.75) is 32.5 Å². The first-order chi connectivity index (χ1) is 9.44. The predicted octanol–water partition coefficient (Wildman–Crippen LogP) is 3.43. The molecular formula is C17H23NO2.